The number of rotatable bonds is 3. The molecule has 0 saturated carbocycles. The van der Waals surface area contributed by atoms with Gasteiger partial charge in [-0.1, -0.05) is 17.2 Å². The van der Waals surface area contributed by atoms with Gasteiger partial charge in [-0.05, 0) is 72.3 Å². The molecule has 1 atom stereocenters. The Hall–Kier alpha value is -4.13. The number of hydrogen-bond acceptors (Lipinski definition) is 7. The van der Waals surface area contributed by atoms with E-state index < -0.39 is 17.1 Å². The molecule has 3 aromatic rings. The minimum Gasteiger partial charge on any atom is -0.506 e. The zero-order valence-electron chi connectivity index (χ0n) is 21.7. The van der Waals surface area contributed by atoms with Crippen molar-refractivity contribution in [3.63, 3.8) is 0 Å². The molecule has 3 N–H and O–H groups in total. The van der Waals surface area contributed by atoms with Gasteiger partial charge in [0.2, 0.25) is 5.43 Å². The van der Waals surface area contributed by atoms with Gasteiger partial charge in [-0.3, -0.25) is 4.79 Å². The first-order valence-corrected chi connectivity index (χ1v) is 12.2. The average Bonchev–Trinajstić information content (AvgIpc) is 2.78. The lowest BCUT2D eigenvalue weighted by atomic mass is 9.91. The van der Waals surface area contributed by atoms with Gasteiger partial charge in [0, 0.05) is 11.6 Å². The van der Waals surface area contributed by atoms with E-state index >= 15 is 0 Å². The second kappa shape index (κ2) is 8.47. The van der Waals surface area contributed by atoms with Crippen LogP contribution in [0.15, 0.2) is 50.7 Å². The maximum Gasteiger partial charge on any atom is 0.204 e. The summed E-state index contributed by atoms with van der Waals surface area (Å²) in [5.74, 6) is -0.00454. The van der Waals surface area contributed by atoms with Crippen molar-refractivity contribution in [2.24, 2.45) is 0 Å². The number of allylic oxidation sites excluding steroid dienone is 3. The quantitative estimate of drug-likeness (QED) is 0.271. The SMILES string of the molecule is CC(C)=CCc1c2c(c(O)c3c(=O)c4c(oc13)-c1cc(O)c(O)cc1O[C@H]4C=C(C)C)C=CC(C)(C)O2. The summed E-state index contributed by atoms with van der Waals surface area (Å²) in [5.41, 5.74) is 2.72. The Kier molecular flexibility index (Phi) is 5.62. The molecule has 7 nitrogen and oxygen atoms in total. The molecule has 0 amide bonds. The second-order valence-corrected chi connectivity index (χ2v) is 10.6. The van der Waals surface area contributed by atoms with Gasteiger partial charge in [0.25, 0.3) is 0 Å². The third-order valence-electron chi connectivity index (χ3n) is 6.51. The maximum absolute atomic E-state index is 14.1. The van der Waals surface area contributed by atoms with Crippen LogP contribution in [0.2, 0.25) is 0 Å². The molecule has 2 aliphatic heterocycles. The fourth-order valence-corrected chi connectivity index (χ4v) is 4.74. The summed E-state index contributed by atoms with van der Waals surface area (Å²) >= 11 is 0. The number of aromatic hydroxyl groups is 3. The van der Waals surface area contributed by atoms with E-state index in [2.05, 4.69) is 0 Å². The topological polar surface area (TPSA) is 109 Å². The second-order valence-electron chi connectivity index (χ2n) is 10.6. The monoisotopic (exact) mass is 502 g/mol. The van der Waals surface area contributed by atoms with Gasteiger partial charge in [0.05, 0.1) is 16.7 Å². The molecular formula is C30H30O7. The molecule has 192 valence electrons. The van der Waals surface area contributed by atoms with Crippen LogP contribution in [0.3, 0.4) is 0 Å². The molecule has 37 heavy (non-hydrogen) atoms. The summed E-state index contributed by atoms with van der Waals surface area (Å²) in [6, 6.07) is 2.61. The van der Waals surface area contributed by atoms with Crippen LogP contribution in [0.4, 0.5) is 0 Å². The Morgan fingerprint density at radius 3 is 2.43 bits per heavy atom. The van der Waals surface area contributed by atoms with Crippen molar-refractivity contribution in [3.8, 4) is 40.1 Å². The van der Waals surface area contributed by atoms with Crippen molar-refractivity contribution in [1.29, 1.82) is 0 Å². The first-order valence-electron chi connectivity index (χ1n) is 12.2. The van der Waals surface area contributed by atoms with E-state index in [-0.39, 0.29) is 45.3 Å². The van der Waals surface area contributed by atoms with Crippen LogP contribution < -0.4 is 14.9 Å². The van der Waals surface area contributed by atoms with Crippen LogP contribution in [0.5, 0.6) is 28.7 Å². The van der Waals surface area contributed by atoms with Crippen LogP contribution in [-0.4, -0.2) is 20.9 Å². The van der Waals surface area contributed by atoms with Gasteiger partial charge in [-0.25, -0.2) is 0 Å². The van der Waals surface area contributed by atoms with Crippen molar-refractivity contribution in [1.82, 2.24) is 0 Å². The Balaban J connectivity index is 1.95. The van der Waals surface area contributed by atoms with E-state index in [1.807, 2.05) is 53.7 Å². The highest BCUT2D eigenvalue weighted by Gasteiger charge is 2.36. The van der Waals surface area contributed by atoms with Crippen molar-refractivity contribution in [2.45, 2.75) is 59.7 Å². The molecule has 7 heteroatoms. The van der Waals surface area contributed by atoms with Crippen LogP contribution >= 0.6 is 0 Å². The fourth-order valence-electron chi connectivity index (χ4n) is 4.74. The third-order valence-corrected chi connectivity index (χ3v) is 6.51. The predicted octanol–water partition coefficient (Wildman–Crippen LogP) is 6.67. The van der Waals surface area contributed by atoms with Crippen LogP contribution in [0.25, 0.3) is 28.4 Å². The fraction of sp³-hybridized carbons (Fsp3) is 0.300. The average molecular weight is 503 g/mol. The summed E-state index contributed by atoms with van der Waals surface area (Å²) in [7, 11) is 0. The van der Waals surface area contributed by atoms with E-state index in [1.165, 1.54) is 12.1 Å². The lowest BCUT2D eigenvalue weighted by Gasteiger charge is -2.31. The van der Waals surface area contributed by atoms with Gasteiger partial charge in [0.15, 0.2) is 11.5 Å². The zero-order chi connectivity index (χ0) is 26.8. The molecule has 0 aliphatic carbocycles. The van der Waals surface area contributed by atoms with Crippen molar-refractivity contribution in [2.75, 3.05) is 0 Å². The zero-order valence-corrected chi connectivity index (χ0v) is 21.7. The lowest BCUT2D eigenvalue weighted by molar-refractivity contribution is 0.157. The first-order chi connectivity index (χ1) is 17.4. The van der Waals surface area contributed by atoms with Crippen molar-refractivity contribution >= 4 is 17.0 Å². The Morgan fingerprint density at radius 2 is 1.76 bits per heavy atom. The van der Waals surface area contributed by atoms with Crippen LogP contribution in [-0.2, 0) is 6.42 Å². The molecule has 0 saturated heterocycles. The van der Waals surface area contributed by atoms with Crippen LogP contribution in [0.1, 0.15) is 64.3 Å². The third kappa shape index (κ3) is 4.04. The normalized spacial score (nSPS) is 16.6. The summed E-state index contributed by atoms with van der Waals surface area (Å²) in [6.45, 7) is 11.5. The van der Waals surface area contributed by atoms with Crippen LogP contribution in [0, 0.1) is 0 Å². The molecule has 2 aromatic carbocycles. The number of hydrogen-bond donors (Lipinski definition) is 3. The Morgan fingerprint density at radius 1 is 1.05 bits per heavy atom. The molecule has 2 aliphatic rings. The van der Waals surface area contributed by atoms with E-state index in [9.17, 15) is 20.1 Å². The summed E-state index contributed by atoms with van der Waals surface area (Å²) in [4.78, 5) is 14.1. The smallest absolute Gasteiger partial charge is 0.204 e. The molecule has 1 aromatic heterocycles. The number of fused-ring (bicyclic) bond motifs is 5. The molecule has 5 rings (SSSR count). The van der Waals surface area contributed by atoms with E-state index in [1.54, 1.807) is 12.2 Å². The number of ether oxygens (including phenoxy) is 2. The largest absolute Gasteiger partial charge is 0.506 e. The van der Waals surface area contributed by atoms with Gasteiger partial charge in [-0.15, -0.1) is 0 Å². The Bertz CT molecular complexity index is 1610. The minimum absolute atomic E-state index is 0.0461. The highest BCUT2D eigenvalue weighted by atomic mass is 16.5. The van der Waals surface area contributed by atoms with Gasteiger partial charge >= 0.3 is 0 Å². The number of benzene rings is 2. The highest BCUT2D eigenvalue weighted by molar-refractivity contribution is 5.96. The van der Waals surface area contributed by atoms with Crippen molar-refractivity contribution < 1.29 is 29.2 Å². The minimum atomic E-state index is -0.820. The molecule has 0 unspecified atom stereocenters. The number of phenols is 3. The van der Waals surface area contributed by atoms with Gasteiger partial charge in [0.1, 0.15) is 45.7 Å². The standard InChI is InChI=1S/C30H30O7/c1-14(2)7-8-17-27-16(9-10-30(5,6)37-27)25(33)24-26(34)23-22(11-15(3)4)35-21-13-20(32)19(31)12-18(21)29(23)36-28(17)24/h7,9-13,22,31-33H,8H2,1-6H3/t22-/m0/s1. The molecule has 0 bridgehead atoms. The van der Waals surface area contributed by atoms with Gasteiger partial charge < -0.3 is 29.2 Å². The van der Waals surface area contributed by atoms with E-state index in [0.29, 0.717) is 28.9 Å². The summed E-state index contributed by atoms with van der Waals surface area (Å²) < 4.78 is 18.9. The number of phenolic OH excluding ortho intramolecular Hbond substituents is 3. The molecular weight excluding hydrogens is 472 g/mol. The molecule has 0 radical (unpaired) electrons. The molecule has 0 spiro atoms. The van der Waals surface area contributed by atoms with E-state index in [0.717, 1.165) is 11.1 Å². The first kappa shape index (κ1) is 24.6. The lowest BCUT2D eigenvalue weighted by Crippen LogP contribution is -2.29. The summed E-state index contributed by atoms with van der Waals surface area (Å²) in [5, 5.41) is 31.7. The predicted molar refractivity (Wildman–Crippen MR) is 143 cm³/mol. The van der Waals surface area contributed by atoms with Crippen molar-refractivity contribution in [3.05, 3.63) is 68.4 Å². The highest BCUT2D eigenvalue weighted by Crippen LogP contribution is 2.50. The molecule has 0 fully saturated rings. The van der Waals surface area contributed by atoms with E-state index in [4.69, 9.17) is 13.9 Å². The molecule has 3 heterocycles. The summed E-state index contributed by atoms with van der Waals surface area (Å²) in [6.07, 6.45) is 6.99. The Labute approximate surface area is 214 Å². The van der Waals surface area contributed by atoms with Gasteiger partial charge in [-0.2, -0.15) is 0 Å². The maximum atomic E-state index is 14.1.